The molecule has 1 aliphatic rings. The van der Waals surface area contributed by atoms with Gasteiger partial charge < -0.3 is 24.7 Å². The van der Waals surface area contributed by atoms with Crippen molar-refractivity contribution in [2.75, 3.05) is 6.61 Å². The number of hydrogen-bond acceptors (Lipinski definition) is 10. The minimum atomic E-state index is -4.75. The molecule has 14 heteroatoms. The summed E-state index contributed by atoms with van der Waals surface area (Å²) in [6.07, 6.45) is -2.99. The van der Waals surface area contributed by atoms with Crippen LogP contribution in [0, 0.1) is 4.91 Å². The Labute approximate surface area is 133 Å². The molecular weight excluding hydrogens is 349 g/mol. The first-order chi connectivity index (χ1) is 11.3. The topological polar surface area (TPSA) is 189 Å². The largest absolute Gasteiger partial charge is 0.469 e. The number of aromatic nitrogens is 4. The number of hydrogen-bond donors (Lipinski definition) is 4. The molecule has 13 nitrogen and oxygen atoms in total. The number of nitrogens with zero attached hydrogens (tertiary/aromatic N) is 5. The smallest absolute Gasteiger partial charge is 0.387 e. The monoisotopic (exact) mass is 361 g/mol. The molecule has 24 heavy (non-hydrogen) atoms. The van der Waals surface area contributed by atoms with Gasteiger partial charge in [0.15, 0.2) is 17.4 Å². The maximum absolute atomic E-state index is 10.7. The summed E-state index contributed by atoms with van der Waals surface area (Å²) in [5, 5.41) is 22.8. The second-order valence-corrected chi connectivity index (χ2v) is 6.18. The van der Waals surface area contributed by atoms with Gasteiger partial charge >= 0.3 is 7.82 Å². The van der Waals surface area contributed by atoms with Gasteiger partial charge in [-0.15, -0.1) is 4.91 Å². The van der Waals surface area contributed by atoms with E-state index in [4.69, 9.17) is 14.5 Å². The van der Waals surface area contributed by atoms with E-state index in [2.05, 4.69) is 24.7 Å². The molecular formula is C10H12N5O8P. The normalized spacial score (nSPS) is 27.7. The first-order valence-electron chi connectivity index (χ1n) is 6.54. The Kier molecular flexibility index (Phi) is 4.40. The van der Waals surface area contributed by atoms with Gasteiger partial charge in [0, 0.05) is 0 Å². The fourth-order valence-corrected chi connectivity index (χ4v) is 2.70. The van der Waals surface area contributed by atoms with Crippen LogP contribution in [-0.2, 0) is 13.8 Å². The second-order valence-electron chi connectivity index (χ2n) is 4.95. The first-order valence-corrected chi connectivity index (χ1v) is 8.07. The van der Waals surface area contributed by atoms with Crippen molar-refractivity contribution < 1.29 is 33.8 Å². The summed E-state index contributed by atoms with van der Waals surface area (Å²) >= 11 is 0. The van der Waals surface area contributed by atoms with Crippen molar-refractivity contribution >= 4 is 24.8 Å². The summed E-state index contributed by atoms with van der Waals surface area (Å²) in [4.78, 5) is 39.6. The van der Waals surface area contributed by atoms with Crippen molar-refractivity contribution in [1.82, 2.24) is 19.5 Å². The van der Waals surface area contributed by atoms with Crippen LogP contribution in [0.2, 0.25) is 0 Å². The van der Waals surface area contributed by atoms with E-state index in [1.165, 1.54) is 10.9 Å². The van der Waals surface area contributed by atoms with Crippen molar-refractivity contribution in [2.45, 2.75) is 24.5 Å². The van der Waals surface area contributed by atoms with Gasteiger partial charge in [-0.05, 0) is 5.18 Å². The molecule has 0 spiro atoms. The van der Waals surface area contributed by atoms with Crippen molar-refractivity contribution in [3.05, 3.63) is 17.6 Å². The highest BCUT2D eigenvalue weighted by atomic mass is 31.2. The third-order valence-corrected chi connectivity index (χ3v) is 3.93. The van der Waals surface area contributed by atoms with Crippen molar-refractivity contribution in [2.24, 2.45) is 5.18 Å². The SMILES string of the molecule is O=Nc1ncnc2c1ncn2[C@@H]1O[C@H](COP(=O)(O)O)[C@@H](O)[C@H]1O. The van der Waals surface area contributed by atoms with Gasteiger partial charge in [0.05, 0.1) is 12.9 Å². The maximum Gasteiger partial charge on any atom is 0.469 e. The summed E-state index contributed by atoms with van der Waals surface area (Å²) < 4.78 is 21.7. The van der Waals surface area contributed by atoms with Gasteiger partial charge in [0.1, 0.15) is 24.6 Å². The van der Waals surface area contributed by atoms with Gasteiger partial charge in [0.25, 0.3) is 0 Å². The molecule has 130 valence electrons. The summed E-state index contributed by atoms with van der Waals surface area (Å²) in [6, 6.07) is 0. The van der Waals surface area contributed by atoms with Crippen LogP contribution in [0.1, 0.15) is 6.23 Å². The molecule has 1 fully saturated rings. The van der Waals surface area contributed by atoms with E-state index in [1.807, 2.05) is 0 Å². The number of phosphoric acid groups is 1. The Morgan fingerprint density at radius 1 is 1.29 bits per heavy atom. The van der Waals surface area contributed by atoms with Crippen LogP contribution in [0.5, 0.6) is 0 Å². The van der Waals surface area contributed by atoms with E-state index < -0.39 is 39.0 Å². The molecule has 2 aromatic heterocycles. The summed E-state index contributed by atoms with van der Waals surface area (Å²) in [5.74, 6) is -0.201. The van der Waals surface area contributed by atoms with Crippen molar-refractivity contribution in [1.29, 1.82) is 0 Å². The Hall–Kier alpha value is -1.86. The molecule has 4 N–H and O–H groups in total. The predicted molar refractivity (Wildman–Crippen MR) is 74.7 cm³/mol. The molecule has 3 rings (SSSR count). The summed E-state index contributed by atoms with van der Waals surface area (Å²) in [5.41, 5.74) is 0.208. The summed E-state index contributed by atoms with van der Waals surface area (Å²) in [6.45, 7) is -0.637. The lowest BCUT2D eigenvalue weighted by Gasteiger charge is -2.16. The van der Waals surface area contributed by atoms with Crippen LogP contribution in [0.15, 0.2) is 17.8 Å². The highest BCUT2D eigenvalue weighted by molar-refractivity contribution is 7.46. The lowest BCUT2D eigenvalue weighted by Crippen LogP contribution is -2.33. The molecule has 0 amide bonds. The van der Waals surface area contributed by atoms with E-state index in [0.29, 0.717) is 0 Å². The molecule has 3 heterocycles. The minimum absolute atomic E-state index is 0.0766. The Morgan fingerprint density at radius 2 is 2.04 bits per heavy atom. The number of imidazole rings is 1. The number of ether oxygens (including phenoxy) is 1. The fraction of sp³-hybridized carbons (Fsp3) is 0.500. The number of phosphoric ester groups is 1. The van der Waals surface area contributed by atoms with Crippen LogP contribution in [0.25, 0.3) is 11.2 Å². The number of nitroso groups, excluding NO2 is 1. The Balaban J connectivity index is 1.87. The molecule has 0 saturated carbocycles. The van der Waals surface area contributed by atoms with Crippen molar-refractivity contribution in [3.63, 3.8) is 0 Å². The lowest BCUT2D eigenvalue weighted by atomic mass is 10.1. The van der Waals surface area contributed by atoms with Crippen LogP contribution < -0.4 is 0 Å². The molecule has 4 atom stereocenters. The van der Waals surface area contributed by atoms with E-state index >= 15 is 0 Å². The zero-order chi connectivity index (χ0) is 17.5. The molecule has 0 aromatic carbocycles. The molecule has 0 unspecified atom stereocenters. The average molecular weight is 361 g/mol. The van der Waals surface area contributed by atoms with Gasteiger partial charge in [0.2, 0.25) is 5.82 Å². The molecule has 0 bridgehead atoms. The number of fused-ring (bicyclic) bond motifs is 1. The average Bonchev–Trinajstić information content (AvgIpc) is 3.07. The second kappa shape index (κ2) is 6.22. The maximum atomic E-state index is 10.7. The van der Waals surface area contributed by atoms with Gasteiger partial charge in [-0.1, -0.05) is 0 Å². The molecule has 1 aliphatic heterocycles. The highest BCUT2D eigenvalue weighted by Gasteiger charge is 2.45. The molecule has 0 aliphatic carbocycles. The third kappa shape index (κ3) is 3.06. The van der Waals surface area contributed by atoms with Crippen LogP contribution in [0.3, 0.4) is 0 Å². The number of aliphatic hydroxyl groups excluding tert-OH is 2. The zero-order valence-electron chi connectivity index (χ0n) is 11.8. The quantitative estimate of drug-likeness (QED) is 0.375. The zero-order valence-corrected chi connectivity index (χ0v) is 12.7. The van der Waals surface area contributed by atoms with Gasteiger partial charge in [-0.3, -0.25) is 9.09 Å². The van der Waals surface area contributed by atoms with Crippen LogP contribution in [-0.4, -0.2) is 64.4 Å². The van der Waals surface area contributed by atoms with Crippen LogP contribution >= 0.6 is 7.82 Å². The highest BCUT2D eigenvalue weighted by Crippen LogP contribution is 2.38. The van der Waals surface area contributed by atoms with Crippen LogP contribution in [0.4, 0.5) is 5.82 Å². The van der Waals surface area contributed by atoms with E-state index in [-0.39, 0.29) is 17.0 Å². The van der Waals surface area contributed by atoms with E-state index in [1.54, 1.807) is 0 Å². The number of rotatable bonds is 5. The van der Waals surface area contributed by atoms with Crippen molar-refractivity contribution in [3.8, 4) is 0 Å². The fourth-order valence-electron chi connectivity index (χ4n) is 2.36. The summed E-state index contributed by atoms with van der Waals surface area (Å²) in [7, 11) is -4.75. The first kappa shape index (κ1) is 17.0. The Bertz CT molecular complexity index is 808. The van der Waals surface area contributed by atoms with Gasteiger partial charge in [-0.2, -0.15) is 0 Å². The van der Waals surface area contributed by atoms with Gasteiger partial charge in [-0.25, -0.2) is 19.5 Å². The Morgan fingerprint density at radius 3 is 2.71 bits per heavy atom. The molecule has 1 saturated heterocycles. The van der Waals surface area contributed by atoms with E-state index in [0.717, 1.165) is 6.33 Å². The molecule has 2 aromatic rings. The lowest BCUT2D eigenvalue weighted by molar-refractivity contribution is -0.0504. The third-order valence-electron chi connectivity index (χ3n) is 3.44. The van der Waals surface area contributed by atoms with E-state index in [9.17, 15) is 19.7 Å². The standard InChI is InChI=1S/C10H12N5O8P/c16-6-4(1-22-24(19,20)21)23-10(7(6)17)15-3-13-5-8(14-18)11-2-12-9(5)15/h2-4,6-7,10,16-17H,1H2,(H2,19,20,21)/t4-,6-,7-,10-/m1/s1. The number of aliphatic hydroxyl groups is 2. The molecule has 0 radical (unpaired) electrons. The predicted octanol–water partition coefficient (Wildman–Crippen LogP) is -1.05. The minimum Gasteiger partial charge on any atom is -0.387 e.